The molecule has 2 aliphatic heterocycles. The number of carbonyl (C=O) groups is 1. The third-order valence-electron chi connectivity index (χ3n) is 6.69. The molecule has 0 N–H and O–H groups in total. The topological polar surface area (TPSA) is 23.6 Å². The predicted octanol–water partition coefficient (Wildman–Crippen LogP) is 4.95. The van der Waals surface area contributed by atoms with Gasteiger partial charge in [0.05, 0.1) is 0 Å². The van der Waals surface area contributed by atoms with Crippen LogP contribution in [0.1, 0.15) is 85.5 Å². The number of hydrogen-bond acceptors (Lipinski definition) is 2. The Balaban J connectivity index is 1.65. The molecule has 1 amide bonds. The van der Waals surface area contributed by atoms with Crippen molar-refractivity contribution in [3.8, 4) is 0 Å². The van der Waals surface area contributed by atoms with E-state index < -0.39 is 0 Å². The van der Waals surface area contributed by atoms with Crippen molar-refractivity contribution >= 4 is 5.91 Å². The van der Waals surface area contributed by atoms with Crippen LogP contribution in [-0.2, 0) is 4.79 Å². The largest absolute Gasteiger partial charge is 0.342 e. The van der Waals surface area contributed by atoms with E-state index in [0.29, 0.717) is 11.3 Å². The summed E-state index contributed by atoms with van der Waals surface area (Å²) in [5.41, 5.74) is 0.540. The molecule has 0 aromatic heterocycles. The van der Waals surface area contributed by atoms with Gasteiger partial charge in [-0.2, -0.15) is 0 Å². The highest BCUT2D eigenvalue weighted by molar-refractivity contribution is 5.78. The van der Waals surface area contributed by atoms with Crippen LogP contribution in [0.2, 0.25) is 0 Å². The molecule has 0 aromatic rings. The van der Waals surface area contributed by atoms with Crippen molar-refractivity contribution in [1.82, 2.24) is 9.80 Å². The molecule has 2 unspecified atom stereocenters. The van der Waals surface area contributed by atoms with Gasteiger partial charge in [0.15, 0.2) is 0 Å². The van der Waals surface area contributed by atoms with Crippen molar-refractivity contribution in [2.45, 2.75) is 85.5 Å². The Morgan fingerprint density at radius 3 is 2.20 bits per heavy atom. The molecule has 2 atom stereocenters. The molecule has 2 rings (SSSR count). The SMILES string of the molecule is CCCC(C)CCCN1CC2(CCN(C(=O)C(CC)CCC)CC2)C1. The molecule has 2 heterocycles. The van der Waals surface area contributed by atoms with Gasteiger partial charge in [-0.15, -0.1) is 0 Å². The highest BCUT2D eigenvalue weighted by atomic mass is 16.2. The van der Waals surface area contributed by atoms with Crippen molar-refractivity contribution < 1.29 is 4.79 Å². The van der Waals surface area contributed by atoms with Crippen LogP contribution < -0.4 is 0 Å². The maximum absolute atomic E-state index is 12.7. The number of rotatable bonds is 10. The van der Waals surface area contributed by atoms with Crippen molar-refractivity contribution in [3.63, 3.8) is 0 Å². The molecular formula is C22H42N2O. The number of hydrogen-bond donors (Lipinski definition) is 0. The van der Waals surface area contributed by atoms with E-state index in [9.17, 15) is 4.79 Å². The molecule has 25 heavy (non-hydrogen) atoms. The lowest BCUT2D eigenvalue weighted by Crippen LogP contribution is -2.61. The van der Waals surface area contributed by atoms with Crippen LogP contribution in [0.15, 0.2) is 0 Å². The monoisotopic (exact) mass is 350 g/mol. The van der Waals surface area contributed by atoms with Gasteiger partial charge >= 0.3 is 0 Å². The van der Waals surface area contributed by atoms with Gasteiger partial charge in [-0.3, -0.25) is 4.79 Å². The first-order chi connectivity index (χ1) is 12.0. The van der Waals surface area contributed by atoms with Crippen LogP contribution in [0.3, 0.4) is 0 Å². The fourth-order valence-corrected chi connectivity index (χ4v) is 4.99. The zero-order valence-corrected chi connectivity index (χ0v) is 17.4. The Morgan fingerprint density at radius 2 is 1.64 bits per heavy atom. The van der Waals surface area contributed by atoms with E-state index in [-0.39, 0.29) is 5.92 Å². The summed E-state index contributed by atoms with van der Waals surface area (Å²) in [7, 11) is 0. The average Bonchev–Trinajstić information content (AvgIpc) is 2.58. The summed E-state index contributed by atoms with van der Waals surface area (Å²) in [4.78, 5) is 17.5. The summed E-state index contributed by atoms with van der Waals surface area (Å²) in [6.07, 6.45) is 11.1. The van der Waals surface area contributed by atoms with Crippen molar-refractivity contribution in [2.24, 2.45) is 17.3 Å². The van der Waals surface area contributed by atoms with Gasteiger partial charge in [0.1, 0.15) is 0 Å². The third kappa shape index (κ3) is 5.70. The van der Waals surface area contributed by atoms with E-state index in [0.717, 1.165) is 38.3 Å². The zero-order valence-electron chi connectivity index (χ0n) is 17.4. The summed E-state index contributed by atoms with van der Waals surface area (Å²) in [6, 6.07) is 0. The Labute approximate surface area is 156 Å². The van der Waals surface area contributed by atoms with Crippen LogP contribution in [0.4, 0.5) is 0 Å². The van der Waals surface area contributed by atoms with Crippen LogP contribution in [0.25, 0.3) is 0 Å². The number of likely N-dealkylation sites (tertiary alicyclic amines) is 2. The summed E-state index contributed by atoms with van der Waals surface area (Å²) in [5, 5.41) is 0. The molecule has 1 spiro atoms. The minimum Gasteiger partial charge on any atom is -0.342 e. The third-order valence-corrected chi connectivity index (χ3v) is 6.69. The number of nitrogens with zero attached hydrogens (tertiary/aromatic N) is 2. The minimum absolute atomic E-state index is 0.266. The predicted molar refractivity (Wildman–Crippen MR) is 107 cm³/mol. The molecule has 0 aromatic carbocycles. The molecule has 2 saturated heterocycles. The van der Waals surface area contributed by atoms with E-state index >= 15 is 0 Å². The first kappa shape index (κ1) is 20.7. The van der Waals surface area contributed by atoms with Gasteiger partial charge in [-0.1, -0.05) is 47.0 Å². The Bertz CT molecular complexity index is 393. The molecule has 3 nitrogen and oxygen atoms in total. The normalized spacial score (nSPS) is 22.6. The molecule has 0 bridgehead atoms. The van der Waals surface area contributed by atoms with Crippen LogP contribution in [-0.4, -0.2) is 48.4 Å². The van der Waals surface area contributed by atoms with E-state index in [2.05, 4.69) is 37.5 Å². The molecule has 0 aliphatic carbocycles. The maximum Gasteiger partial charge on any atom is 0.225 e. The van der Waals surface area contributed by atoms with Gasteiger partial charge < -0.3 is 9.80 Å². The highest BCUT2D eigenvalue weighted by Gasteiger charge is 2.45. The maximum atomic E-state index is 12.7. The molecule has 0 saturated carbocycles. The summed E-state index contributed by atoms with van der Waals surface area (Å²) in [5.74, 6) is 1.59. The molecule has 0 radical (unpaired) electrons. The van der Waals surface area contributed by atoms with E-state index in [4.69, 9.17) is 0 Å². The van der Waals surface area contributed by atoms with E-state index in [1.165, 1.54) is 58.2 Å². The summed E-state index contributed by atoms with van der Waals surface area (Å²) < 4.78 is 0. The molecule has 2 fully saturated rings. The summed E-state index contributed by atoms with van der Waals surface area (Å²) in [6.45, 7) is 14.9. The number of amides is 1. The lowest BCUT2D eigenvalue weighted by Gasteiger charge is -2.54. The zero-order chi connectivity index (χ0) is 18.3. The van der Waals surface area contributed by atoms with Gasteiger partial charge in [-0.25, -0.2) is 0 Å². The molecule has 146 valence electrons. The van der Waals surface area contributed by atoms with Crippen molar-refractivity contribution in [2.75, 3.05) is 32.7 Å². The van der Waals surface area contributed by atoms with Crippen molar-refractivity contribution in [3.05, 3.63) is 0 Å². The molecular weight excluding hydrogens is 308 g/mol. The average molecular weight is 351 g/mol. The lowest BCUT2D eigenvalue weighted by atomic mass is 9.71. The van der Waals surface area contributed by atoms with Gasteiger partial charge in [0.25, 0.3) is 0 Å². The number of piperidine rings is 1. The van der Waals surface area contributed by atoms with Gasteiger partial charge in [0.2, 0.25) is 5.91 Å². The first-order valence-electron chi connectivity index (χ1n) is 11.0. The van der Waals surface area contributed by atoms with Gasteiger partial charge in [0, 0.05) is 32.1 Å². The van der Waals surface area contributed by atoms with Crippen LogP contribution in [0, 0.1) is 17.3 Å². The first-order valence-corrected chi connectivity index (χ1v) is 11.0. The number of carbonyl (C=O) groups excluding carboxylic acids is 1. The minimum atomic E-state index is 0.266. The second kappa shape index (κ2) is 9.94. The van der Waals surface area contributed by atoms with Crippen LogP contribution in [0.5, 0.6) is 0 Å². The quantitative estimate of drug-likeness (QED) is 0.556. The fourth-order valence-electron chi connectivity index (χ4n) is 4.99. The van der Waals surface area contributed by atoms with Gasteiger partial charge in [-0.05, 0) is 56.4 Å². The molecule has 3 heteroatoms. The molecule has 2 aliphatic rings. The highest BCUT2D eigenvalue weighted by Crippen LogP contribution is 2.41. The van der Waals surface area contributed by atoms with Crippen molar-refractivity contribution in [1.29, 1.82) is 0 Å². The summed E-state index contributed by atoms with van der Waals surface area (Å²) >= 11 is 0. The van der Waals surface area contributed by atoms with E-state index in [1.807, 2.05) is 0 Å². The lowest BCUT2D eigenvalue weighted by molar-refractivity contribution is -0.141. The Kier molecular flexibility index (Phi) is 8.25. The fraction of sp³-hybridized carbons (Fsp3) is 0.955. The second-order valence-electron chi connectivity index (χ2n) is 8.97. The Morgan fingerprint density at radius 1 is 1.00 bits per heavy atom. The van der Waals surface area contributed by atoms with Crippen LogP contribution >= 0.6 is 0 Å². The second-order valence-corrected chi connectivity index (χ2v) is 8.97. The van der Waals surface area contributed by atoms with E-state index in [1.54, 1.807) is 0 Å². The Hall–Kier alpha value is -0.570. The smallest absolute Gasteiger partial charge is 0.225 e. The standard InChI is InChI=1S/C22H42N2O/c1-5-9-19(4)11-8-14-23-17-22(18-23)12-15-24(16-13-22)21(25)20(7-3)10-6-2/h19-20H,5-18H2,1-4H3.